The predicted octanol–water partition coefficient (Wildman–Crippen LogP) is 9.51. The van der Waals surface area contributed by atoms with Crippen LogP contribution in [-0.2, 0) is 0 Å². The normalized spacial score (nSPS) is 60.1. The van der Waals surface area contributed by atoms with Crippen LogP contribution in [-0.4, -0.2) is 81.3 Å². The third kappa shape index (κ3) is 5.48. The van der Waals surface area contributed by atoms with E-state index in [0.717, 1.165) is 69.6 Å². The largest absolute Gasteiger partial charge is 0.313 e. The van der Waals surface area contributed by atoms with E-state index < -0.39 is 0 Å². The van der Waals surface area contributed by atoms with Gasteiger partial charge in [-0.25, -0.2) is 0 Å². The molecule has 42 heavy (non-hydrogen) atoms. The van der Waals surface area contributed by atoms with E-state index in [0.29, 0.717) is 20.7 Å². The van der Waals surface area contributed by atoms with Crippen molar-refractivity contribution in [1.29, 1.82) is 0 Å². The summed E-state index contributed by atoms with van der Waals surface area (Å²) in [6, 6.07) is 0.844. The molecule has 0 aromatic rings. The first kappa shape index (κ1) is 34.0. The van der Waals surface area contributed by atoms with Crippen LogP contribution in [0.2, 0.25) is 0 Å². The zero-order chi connectivity index (χ0) is 29.6. The summed E-state index contributed by atoms with van der Waals surface area (Å²) in [7, 11) is 0. The number of hydrogen-bond donors (Lipinski definition) is 3. The van der Waals surface area contributed by atoms with Crippen molar-refractivity contribution in [3.05, 3.63) is 0 Å². The minimum Gasteiger partial charge on any atom is -0.313 e. The highest BCUT2D eigenvalue weighted by Gasteiger charge is 2.69. The summed E-state index contributed by atoms with van der Waals surface area (Å²) in [6.45, 7) is 6.58. The summed E-state index contributed by atoms with van der Waals surface area (Å²) < 4.78 is 0.831. The fourth-order valence-electron chi connectivity index (χ4n) is 12.3. The molecular weight excluding hydrogens is 862 g/mol. The van der Waals surface area contributed by atoms with Gasteiger partial charge in [0.25, 0.3) is 0 Å². The maximum absolute atomic E-state index is 10.3. The third-order valence-corrected chi connectivity index (χ3v) is 16.9. The summed E-state index contributed by atoms with van der Waals surface area (Å²) in [5.74, 6) is 1.69. The molecule has 6 nitrogen and oxygen atoms in total. The van der Waals surface area contributed by atoms with Crippen molar-refractivity contribution in [1.82, 2.24) is 15.2 Å². The molecule has 12 aliphatic rings. The summed E-state index contributed by atoms with van der Waals surface area (Å²) >= 11 is 19.3. The smallest absolute Gasteiger partial charge is 0.104 e. The van der Waals surface area contributed by atoms with Crippen molar-refractivity contribution < 1.29 is 15.6 Å². The van der Waals surface area contributed by atoms with Crippen LogP contribution in [0.15, 0.2) is 0 Å². The van der Waals surface area contributed by atoms with Gasteiger partial charge in [0.1, 0.15) is 4.45 Å². The van der Waals surface area contributed by atoms with Crippen LogP contribution in [0.3, 0.4) is 0 Å². The molecule has 12 bridgehead atoms. The molecule has 11 heteroatoms. The zero-order valence-corrected chi connectivity index (χ0v) is 32.4. The molecule has 242 valence electrons. The Balaban J connectivity index is 0.000000112. The number of alkyl halides is 5. The van der Waals surface area contributed by atoms with E-state index in [1.165, 1.54) is 38.5 Å². The highest BCUT2D eigenvalue weighted by Crippen LogP contribution is 2.68. The molecule has 6 saturated heterocycles. The molecule has 6 heterocycles. The van der Waals surface area contributed by atoms with Gasteiger partial charge >= 0.3 is 0 Å². The van der Waals surface area contributed by atoms with Crippen molar-refractivity contribution in [2.75, 3.05) is 0 Å². The molecule has 0 aromatic heterocycles. The topological polar surface area (TPSA) is 70.4 Å². The molecule has 6 aliphatic carbocycles. The molecule has 12 rings (SSSR count). The van der Waals surface area contributed by atoms with Crippen LogP contribution in [0.1, 0.15) is 125 Å². The van der Waals surface area contributed by atoms with Gasteiger partial charge in [-0.3, -0.25) is 0 Å². The average molecular weight is 912 g/mol. The zero-order valence-electron chi connectivity index (χ0n) is 24.5. The molecule has 0 radical (unpaired) electrons. The quantitative estimate of drug-likeness (QED) is 0.166. The van der Waals surface area contributed by atoms with Crippen LogP contribution in [0.4, 0.5) is 0 Å². The van der Waals surface area contributed by atoms with Crippen LogP contribution in [0.25, 0.3) is 0 Å². The molecule has 0 aromatic carbocycles. The maximum Gasteiger partial charge on any atom is 0.104 e. The first-order chi connectivity index (χ1) is 18.7. The summed E-state index contributed by atoms with van der Waals surface area (Å²) in [5.41, 5.74) is 0.0203. The molecular formula is C31H50Br5N3O3. The number of nitrogens with zero attached hydrogens (tertiary/aromatic N) is 3. The summed E-state index contributed by atoms with van der Waals surface area (Å²) in [6.07, 6.45) is 17.1. The van der Waals surface area contributed by atoms with Gasteiger partial charge in [-0.05, 0) is 129 Å². The van der Waals surface area contributed by atoms with E-state index in [9.17, 15) is 15.6 Å². The molecule has 0 amide bonds. The Hall–Kier alpha value is 2.16. The third-order valence-electron chi connectivity index (χ3n) is 12.5. The Labute approximate surface area is 295 Å². The van der Waals surface area contributed by atoms with Gasteiger partial charge in [0, 0.05) is 46.0 Å². The van der Waals surface area contributed by atoms with E-state index in [-0.39, 0.29) is 37.1 Å². The SMILES string of the molecule is C.CC12CC3(Br)CC(Br)(C1)CC(Br)(C3)N2O.CC12CC3CC(CC(Br)(C3)C1)N2O.CC12CC3CC(CC(Br)(C3)C1)N2O. The molecule has 6 saturated carbocycles. The lowest BCUT2D eigenvalue weighted by molar-refractivity contribution is -0.268. The highest BCUT2D eigenvalue weighted by atomic mass is 79.9. The van der Waals surface area contributed by atoms with E-state index >= 15 is 0 Å². The van der Waals surface area contributed by atoms with Gasteiger partial charge in [0.15, 0.2) is 0 Å². The number of rotatable bonds is 0. The summed E-state index contributed by atoms with van der Waals surface area (Å²) in [5, 5.41) is 35.2. The fourth-order valence-corrected chi connectivity index (χ4v) is 21.0. The minimum absolute atomic E-state index is 0. The second-order valence-corrected chi connectivity index (χ2v) is 25.2. The van der Waals surface area contributed by atoms with Crippen molar-refractivity contribution in [2.24, 2.45) is 11.8 Å². The van der Waals surface area contributed by atoms with Gasteiger partial charge in [0.05, 0.1) is 0 Å². The Morgan fingerprint density at radius 3 is 1.21 bits per heavy atom. The second kappa shape index (κ2) is 10.3. The van der Waals surface area contributed by atoms with Gasteiger partial charge in [0.2, 0.25) is 0 Å². The Bertz CT molecular complexity index is 1020. The van der Waals surface area contributed by atoms with Crippen LogP contribution in [0, 0.1) is 11.8 Å². The molecule has 6 aliphatic heterocycles. The lowest BCUT2D eigenvalue weighted by atomic mass is 9.59. The Morgan fingerprint density at radius 1 is 0.500 bits per heavy atom. The number of halogens is 5. The van der Waals surface area contributed by atoms with Crippen molar-refractivity contribution in [3.8, 4) is 0 Å². The van der Waals surface area contributed by atoms with Crippen LogP contribution >= 0.6 is 79.6 Å². The predicted molar refractivity (Wildman–Crippen MR) is 185 cm³/mol. The molecule has 3 N–H and O–H groups in total. The van der Waals surface area contributed by atoms with Crippen molar-refractivity contribution in [3.63, 3.8) is 0 Å². The van der Waals surface area contributed by atoms with E-state index in [4.69, 9.17) is 0 Å². The maximum atomic E-state index is 10.3. The molecule has 0 spiro atoms. The lowest BCUT2D eigenvalue weighted by Gasteiger charge is -2.68. The molecule has 12 fully saturated rings. The minimum atomic E-state index is -0.247. The van der Waals surface area contributed by atoms with Crippen LogP contribution in [0.5, 0.6) is 0 Å². The van der Waals surface area contributed by atoms with E-state index in [2.05, 4.69) is 100 Å². The van der Waals surface area contributed by atoms with Crippen molar-refractivity contribution in [2.45, 2.75) is 175 Å². The van der Waals surface area contributed by atoms with Crippen LogP contribution < -0.4 is 0 Å². The van der Waals surface area contributed by atoms with Gasteiger partial charge in [-0.1, -0.05) is 87.1 Å². The second-order valence-electron chi connectivity index (χ2n) is 17.0. The first-order valence-electron chi connectivity index (χ1n) is 15.6. The standard InChI is InChI=1S/C10H14Br3NO.2C10H16BrNO.CH4/c1-7-2-8(11)4-9(12,3-7)6-10(13,5-8)14(7)15;2*1-9-3-7-2-8(12(9)13)5-10(11,4-7)6-9;/h15H,2-6H2,1H3;2*7-8,13H,2-6H2,1H3;1H4. The highest BCUT2D eigenvalue weighted by molar-refractivity contribution is 9.11. The molecule has 10 atom stereocenters. The number of hydrogen-bond acceptors (Lipinski definition) is 6. The van der Waals surface area contributed by atoms with Gasteiger partial charge < -0.3 is 15.6 Å². The molecule has 10 unspecified atom stereocenters. The fraction of sp³-hybridized carbons (Fsp3) is 1.00. The lowest BCUT2D eigenvalue weighted by Crippen LogP contribution is -2.74. The Kier molecular flexibility index (Phi) is 8.38. The van der Waals surface area contributed by atoms with Crippen molar-refractivity contribution >= 4 is 79.6 Å². The first-order valence-corrected chi connectivity index (χ1v) is 19.6. The van der Waals surface area contributed by atoms with E-state index in [1.54, 1.807) is 15.2 Å². The number of piperidine rings is 6. The number of hydroxylamine groups is 6. The monoisotopic (exact) mass is 907 g/mol. The summed E-state index contributed by atoms with van der Waals surface area (Å²) in [4.78, 5) is 0. The Morgan fingerprint density at radius 2 is 0.881 bits per heavy atom. The van der Waals surface area contributed by atoms with Gasteiger partial charge in [-0.2, -0.15) is 15.2 Å². The van der Waals surface area contributed by atoms with E-state index in [1.807, 2.05) is 0 Å². The van der Waals surface area contributed by atoms with Gasteiger partial charge in [-0.15, -0.1) is 0 Å². The average Bonchev–Trinajstić information content (AvgIpc) is 2.75.